The van der Waals surface area contributed by atoms with Gasteiger partial charge in [-0.25, -0.2) is 0 Å². The van der Waals surface area contributed by atoms with Crippen LogP contribution in [0.4, 0.5) is 0 Å². The Morgan fingerprint density at radius 3 is 2.67 bits per heavy atom. The summed E-state index contributed by atoms with van der Waals surface area (Å²) in [6, 6.07) is 13.0. The van der Waals surface area contributed by atoms with Gasteiger partial charge in [-0.1, -0.05) is 43.7 Å². The average Bonchev–Trinajstić information content (AvgIpc) is 3.48. The molecule has 2 aromatic heterocycles. The van der Waals surface area contributed by atoms with Crippen molar-refractivity contribution in [2.24, 2.45) is 11.5 Å². The Labute approximate surface area is 234 Å². The van der Waals surface area contributed by atoms with Gasteiger partial charge in [0, 0.05) is 36.8 Å². The van der Waals surface area contributed by atoms with Crippen molar-refractivity contribution < 1.29 is 24.9 Å². The van der Waals surface area contributed by atoms with Gasteiger partial charge in [0.15, 0.2) is 18.2 Å². The number of H-pyrrole nitrogens is 1. The fraction of sp³-hybridized carbons (Fsp3) is 0.387. The predicted octanol–water partition coefficient (Wildman–Crippen LogP) is 4.02. The highest BCUT2D eigenvalue weighted by molar-refractivity contribution is 5.83. The second-order valence-corrected chi connectivity index (χ2v) is 10.5. The zero-order valence-corrected chi connectivity index (χ0v) is 22.9. The van der Waals surface area contributed by atoms with Crippen molar-refractivity contribution in [1.82, 2.24) is 9.55 Å². The van der Waals surface area contributed by atoms with Gasteiger partial charge in [0.2, 0.25) is 0 Å². The van der Waals surface area contributed by atoms with Gasteiger partial charge in [0.25, 0.3) is 0 Å². The molecule has 214 valence electrons. The first kappa shape index (κ1) is 29.4. The summed E-state index contributed by atoms with van der Waals surface area (Å²) in [5.41, 5.74) is 16.6. The third kappa shape index (κ3) is 7.95. The highest BCUT2D eigenvalue weighted by atomic mass is 16.5. The molecule has 4 rings (SSSR count). The Balaban J connectivity index is 1.33. The number of nitrogens with zero attached hydrogens (tertiary/aromatic N) is 1. The molecule has 40 heavy (non-hydrogen) atoms. The molecule has 2 heterocycles. The van der Waals surface area contributed by atoms with Gasteiger partial charge in [-0.2, -0.15) is 0 Å². The number of aryl methyl sites for hydroxylation is 1. The van der Waals surface area contributed by atoms with Crippen LogP contribution in [0.1, 0.15) is 67.4 Å². The third-order valence-electron chi connectivity index (χ3n) is 7.07. The van der Waals surface area contributed by atoms with Gasteiger partial charge in [-0.05, 0) is 60.1 Å². The fourth-order valence-electron chi connectivity index (χ4n) is 4.94. The molecule has 9 heteroatoms. The number of rotatable bonds is 15. The van der Waals surface area contributed by atoms with E-state index in [-0.39, 0.29) is 37.5 Å². The predicted molar refractivity (Wildman–Crippen MR) is 155 cm³/mol. The lowest BCUT2D eigenvalue weighted by Crippen LogP contribution is -2.20. The van der Waals surface area contributed by atoms with Crippen LogP contribution in [0.2, 0.25) is 0 Å². The van der Waals surface area contributed by atoms with Crippen LogP contribution in [0.15, 0.2) is 61.1 Å². The highest BCUT2D eigenvalue weighted by Gasteiger charge is 2.16. The number of nitrogens with two attached hydrogens (primary N) is 2. The van der Waals surface area contributed by atoms with Crippen LogP contribution < -0.4 is 16.2 Å². The van der Waals surface area contributed by atoms with Crippen molar-refractivity contribution in [2.75, 3.05) is 0 Å². The molecule has 4 aromatic rings. The number of phenols is 1. The maximum atomic E-state index is 12.3. The number of hydrogen-bond donors (Lipinski definition) is 6. The van der Waals surface area contributed by atoms with Crippen LogP contribution in [0.5, 0.6) is 11.5 Å². The molecule has 0 aliphatic carbocycles. The van der Waals surface area contributed by atoms with Crippen LogP contribution in [0.25, 0.3) is 10.9 Å². The molecule has 0 amide bonds. The quantitative estimate of drug-likeness (QED) is 0.122. The van der Waals surface area contributed by atoms with E-state index in [0.29, 0.717) is 18.6 Å². The summed E-state index contributed by atoms with van der Waals surface area (Å²) in [4.78, 5) is 15.6. The largest absolute Gasteiger partial charge is 0.504 e. The molecule has 0 fully saturated rings. The minimum Gasteiger partial charge on any atom is -0.504 e. The van der Waals surface area contributed by atoms with Crippen molar-refractivity contribution >= 4 is 16.7 Å². The number of aromatic hydroxyl groups is 1. The SMILES string of the molecule is CCCC(O)CC(O)CC(=O)CCc1ccc(O)c(OCn2cc3[nH]cc(Cc4cccc(C(N)N)c4)c3c2)c1. The Morgan fingerprint density at radius 1 is 1.07 bits per heavy atom. The molecule has 2 aromatic carbocycles. The Bertz CT molecular complexity index is 1410. The summed E-state index contributed by atoms with van der Waals surface area (Å²) in [7, 11) is 0. The van der Waals surface area contributed by atoms with Gasteiger partial charge < -0.3 is 41.1 Å². The summed E-state index contributed by atoms with van der Waals surface area (Å²) in [6.45, 7) is 2.16. The topological polar surface area (TPSA) is 160 Å². The summed E-state index contributed by atoms with van der Waals surface area (Å²) in [6.07, 6.45) is 7.14. The molecule has 0 saturated carbocycles. The molecule has 0 aliphatic rings. The van der Waals surface area contributed by atoms with E-state index in [9.17, 15) is 20.1 Å². The molecule has 0 aliphatic heterocycles. The number of ketones is 1. The van der Waals surface area contributed by atoms with Gasteiger partial charge in [-0.15, -0.1) is 0 Å². The summed E-state index contributed by atoms with van der Waals surface area (Å²) in [5.74, 6) is 0.287. The number of nitrogens with one attached hydrogen (secondary N) is 1. The first-order valence-electron chi connectivity index (χ1n) is 13.8. The zero-order valence-electron chi connectivity index (χ0n) is 22.9. The second-order valence-electron chi connectivity index (χ2n) is 10.5. The number of hydrogen-bond acceptors (Lipinski definition) is 7. The van der Waals surface area contributed by atoms with E-state index in [1.165, 1.54) is 0 Å². The van der Waals surface area contributed by atoms with Crippen molar-refractivity contribution in [3.05, 3.63) is 83.3 Å². The lowest BCUT2D eigenvalue weighted by molar-refractivity contribution is -0.121. The smallest absolute Gasteiger partial charge is 0.165 e. The number of ether oxygens (including phenoxy) is 1. The number of carbonyl (C=O) groups is 1. The Hall–Kier alpha value is -3.63. The normalized spacial score (nSPS) is 13.2. The van der Waals surface area contributed by atoms with Crippen LogP contribution in [0, 0.1) is 0 Å². The van der Waals surface area contributed by atoms with Crippen molar-refractivity contribution in [3.63, 3.8) is 0 Å². The van der Waals surface area contributed by atoms with Crippen LogP contribution in [-0.2, 0) is 24.4 Å². The molecule has 0 saturated heterocycles. The number of phenolic OH excluding ortho intramolecular Hbond substituents is 1. The first-order valence-corrected chi connectivity index (χ1v) is 13.8. The Kier molecular flexibility index (Phi) is 10.0. The second kappa shape index (κ2) is 13.6. The van der Waals surface area contributed by atoms with Crippen LogP contribution in [-0.4, -0.2) is 42.9 Å². The van der Waals surface area contributed by atoms with Gasteiger partial charge in [-0.3, -0.25) is 4.79 Å². The van der Waals surface area contributed by atoms with Gasteiger partial charge in [0.1, 0.15) is 5.78 Å². The summed E-state index contributed by atoms with van der Waals surface area (Å²) < 4.78 is 7.82. The van der Waals surface area contributed by atoms with Crippen LogP contribution in [0.3, 0.4) is 0 Å². The zero-order chi connectivity index (χ0) is 28.6. The number of aromatic nitrogens is 2. The third-order valence-corrected chi connectivity index (χ3v) is 7.07. The molecular formula is C31H40N4O5. The summed E-state index contributed by atoms with van der Waals surface area (Å²) in [5, 5.41) is 31.3. The van der Waals surface area contributed by atoms with Crippen molar-refractivity contribution in [2.45, 2.75) is 77.0 Å². The first-order chi connectivity index (χ1) is 19.2. The van der Waals surface area contributed by atoms with Gasteiger partial charge in [0.05, 0.1) is 23.9 Å². The lowest BCUT2D eigenvalue weighted by atomic mass is 10.00. The standard InChI is InChI=1S/C31H40N4O5/c1-2-4-24(36)14-26(38)15-25(37)9-7-20-8-10-29(39)30(13-20)40-19-35-17-27-23(16-34-28(27)18-35)12-21-5-3-6-22(11-21)31(32)33/h3,5-6,8,10-11,13,16-18,24,26,31,34,36,38-39H,2,4,7,9,12,14-15,19,32-33H2,1H3. The number of Topliss-reactive ketones (excluding diaryl/α,β-unsaturated/α-hetero) is 1. The lowest BCUT2D eigenvalue weighted by Gasteiger charge is -2.14. The van der Waals surface area contributed by atoms with E-state index in [1.807, 2.05) is 54.3 Å². The molecule has 2 unspecified atom stereocenters. The molecule has 9 nitrogen and oxygen atoms in total. The minimum absolute atomic E-state index is 0.0202. The number of benzene rings is 2. The van der Waals surface area contributed by atoms with E-state index >= 15 is 0 Å². The van der Waals surface area contributed by atoms with E-state index in [0.717, 1.165) is 46.0 Å². The van der Waals surface area contributed by atoms with Crippen molar-refractivity contribution in [1.29, 1.82) is 0 Å². The minimum atomic E-state index is -0.838. The number of carbonyl (C=O) groups excluding carboxylic acids is 1. The van der Waals surface area contributed by atoms with Crippen LogP contribution >= 0.6 is 0 Å². The maximum Gasteiger partial charge on any atom is 0.165 e. The molecule has 2 atom stereocenters. The van der Waals surface area contributed by atoms with E-state index in [1.54, 1.807) is 18.2 Å². The molecule has 0 spiro atoms. The van der Waals surface area contributed by atoms with Gasteiger partial charge >= 0.3 is 0 Å². The van der Waals surface area contributed by atoms with E-state index in [2.05, 4.69) is 4.98 Å². The van der Waals surface area contributed by atoms with E-state index in [4.69, 9.17) is 16.2 Å². The maximum absolute atomic E-state index is 12.3. The number of aliphatic hydroxyl groups is 2. The van der Waals surface area contributed by atoms with E-state index < -0.39 is 18.4 Å². The fourth-order valence-corrected chi connectivity index (χ4v) is 4.94. The molecule has 0 bridgehead atoms. The molecule has 0 radical (unpaired) electrons. The molecular weight excluding hydrogens is 508 g/mol. The summed E-state index contributed by atoms with van der Waals surface area (Å²) >= 11 is 0. The number of aliphatic hydroxyl groups excluding tert-OH is 2. The average molecular weight is 549 g/mol. The molecule has 8 N–H and O–H groups in total. The highest BCUT2D eigenvalue weighted by Crippen LogP contribution is 2.29. The Morgan fingerprint density at radius 2 is 1.90 bits per heavy atom. The van der Waals surface area contributed by atoms with Crippen molar-refractivity contribution in [3.8, 4) is 11.5 Å². The monoisotopic (exact) mass is 548 g/mol. The number of aromatic amines is 1. The number of fused-ring (bicyclic) bond motifs is 1.